The molecular formula is C15H15N3O2. The maximum Gasteiger partial charge on any atom is 0.278 e. The first-order valence-corrected chi connectivity index (χ1v) is 6.62. The molecule has 0 saturated heterocycles. The molecule has 1 aliphatic heterocycles. The molecule has 0 spiro atoms. The van der Waals surface area contributed by atoms with E-state index in [0.717, 1.165) is 17.7 Å². The maximum absolute atomic E-state index is 12.6. The summed E-state index contributed by atoms with van der Waals surface area (Å²) in [4.78, 5) is 22.2. The molecule has 0 radical (unpaired) electrons. The molecule has 1 atom stereocenters. The monoisotopic (exact) mass is 269 g/mol. The van der Waals surface area contributed by atoms with E-state index < -0.39 is 6.10 Å². The Bertz CT molecular complexity index is 616. The number of hydrogen-bond acceptors (Lipinski definition) is 4. The number of fused-ring (bicyclic) bond motifs is 1. The molecule has 0 bridgehead atoms. The lowest BCUT2D eigenvalue weighted by Gasteiger charge is -2.22. The fourth-order valence-electron chi connectivity index (χ4n) is 2.49. The Labute approximate surface area is 116 Å². The normalized spacial score (nSPS) is 18.2. The van der Waals surface area contributed by atoms with Gasteiger partial charge >= 0.3 is 0 Å². The molecule has 1 N–H and O–H groups in total. The number of nitrogens with zero attached hydrogens (tertiary/aromatic N) is 3. The van der Waals surface area contributed by atoms with E-state index in [-0.39, 0.29) is 5.91 Å². The van der Waals surface area contributed by atoms with Crippen molar-refractivity contribution in [2.45, 2.75) is 18.9 Å². The Morgan fingerprint density at radius 3 is 2.95 bits per heavy atom. The number of rotatable bonds is 1. The Hall–Kier alpha value is -2.27. The molecule has 2 aromatic rings. The summed E-state index contributed by atoms with van der Waals surface area (Å²) >= 11 is 0. The van der Waals surface area contributed by atoms with E-state index in [1.54, 1.807) is 4.90 Å². The average Bonchev–Trinajstić information content (AvgIpc) is 2.67. The highest BCUT2D eigenvalue weighted by atomic mass is 16.3. The van der Waals surface area contributed by atoms with Crippen LogP contribution < -0.4 is 4.90 Å². The van der Waals surface area contributed by atoms with Crippen molar-refractivity contribution in [3.8, 4) is 0 Å². The fourth-order valence-corrected chi connectivity index (χ4v) is 2.49. The summed E-state index contributed by atoms with van der Waals surface area (Å²) in [5.74, 6) is -0.181. The van der Waals surface area contributed by atoms with Gasteiger partial charge in [-0.25, -0.2) is 4.98 Å². The van der Waals surface area contributed by atoms with Gasteiger partial charge < -0.3 is 10.0 Å². The van der Waals surface area contributed by atoms with Gasteiger partial charge in [0.25, 0.3) is 5.91 Å². The third-order valence-corrected chi connectivity index (χ3v) is 3.47. The van der Waals surface area contributed by atoms with Crippen molar-refractivity contribution in [2.24, 2.45) is 0 Å². The number of amides is 1. The Morgan fingerprint density at radius 1 is 1.30 bits per heavy atom. The fraction of sp³-hybridized carbons (Fsp3) is 0.267. The number of carbonyl (C=O) groups is 1. The topological polar surface area (TPSA) is 66.3 Å². The Morgan fingerprint density at radius 2 is 2.15 bits per heavy atom. The largest absolute Gasteiger partial charge is 0.388 e. The molecule has 1 unspecified atom stereocenters. The minimum atomic E-state index is -0.522. The van der Waals surface area contributed by atoms with Gasteiger partial charge in [0.2, 0.25) is 0 Å². The number of anilines is 1. The molecule has 0 aliphatic carbocycles. The van der Waals surface area contributed by atoms with Crippen molar-refractivity contribution in [2.75, 3.05) is 11.4 Å². The van der Waals surface area contributed by atoms with E-state index in [2.05, 4.69) is 9.97 Å². The summed E-state index contributed by atoms with van der Waals surface area (Å²) in [6, 6.07) is 7.46. The summed E-state index contributed by atoms with van der Waals surface area (Å²) < 4.78 is 0. The lowest BCUT2D eigenvalue weighted by Crippen LogP contribution is -2.32. The summed E-state index contributed by atoms with van der Waals surface area (Å²) in [6.07, 6.45) is 5.39. The van der Waals surface area contributed by atoms with Gasteiger partial charge in [0, 0.05) is 30.2 Å². The zero-order valence-electron chi connectivity index (χ0n) is 10.9. The first-order chi connectivity index (χ1) is 9.77. The summed E-state index contributed by atoms with van der Waals surface area (Å²) in [5, 5.41) is 10.1. The van der Waals surface area contributed by atoms with Crippen LogP contribution in [0.4, 0.5) is 5.69 Å². The molecule has 1 aromatic heterocycles. The standard InChI is InChI=1S/C15H15N3O2/c19-14-6-3-9-18(13-5-2-1-4-11(13)14)15(20)12-10-16-7-8-17-12/h1-2,4-5,7-8,10,14,19H,3,6,9H2. The van der Waals surface area contributed by atoms with Gasteiger partial charge in [-0.2, -0.15) is 0 Å². The highest BCUT2D eigenvalue weighted by molar-refractivity contribution is 6.05. The molecule has 0 fully saturated rings. The van der Waals surface area contributed by atoms with Gasteiger partial charge in [-0.3, -0.25) is 9.78 Å². The predicted octanol–water partition coefficient (Wildman–Crippen LogP) is 1.95. The van der Waals surface area contributed by atoms with Crippen LogP contribution in [0.25, 0.3) is 0 Å². The molecule has 5 nitrogen and oxygen atoms in total. The van der Waals surface area contributed by atoms with E-state index >= 15 is 0 Å². The van der Waals surface area contributed by atoms with Crippen molar-refractivity contribution in [1.29, 1.82) is 0 Å². The molecule has 20 heavy (non-hydrogen) atoms. The molecule has 1 aromatic carbocycles. The Kier molecular flexibility index (Phi) is 3.43. The zero-order valence-corrected chi connectivity index (χ0v) is 10.9. The number of hydrogen-bond donors (Lipinski definition) is 1. The first kappa shape index (κ1) is 12.7. The lowest BCUT2D eigenvalue weighted by molar-refractivity contribution is 0.0981. The number of carbonyl (C=O) groups excluding carboxylic acids is 1. The first-order valence-electron chi connectivity index (χ1n) is 6.62. The summed E-state index contributed by atoms with van der Waals surface area (Å²) in [5.41, 5.74) is 1.87. The minimum absolute atomic E-state index is 0.181. The van der Waals surface area contributed by atoms with Crippen LogP contribution in [0, 0.1) is 0 Å². The lowest BCUT2D eigenvalue weighted by atomic mass is 10.0. The molecule has 2 heterocycles. The van der Waals surface area contributed by atoms with Gasteiger partial charge in [0.1, 0.15) is 5.69 Å². The van der Waals surface area contributed by atoms with Crippen LogP contribution in [-0.2, 0) is 0 Å². The molecular weight excluding hydrogens is 254 g/mol. The smallest absolute Gasteiger partial charge is 0.278 e. The second-order valence-corrected chi connectivity index (χ2v) is 4.76. The highest BCUT2D eigenvalue weighted by Gasteiger charge is 2.26. The number of aliphatic hydroxyl groups is 1. The SMILES string of the molecule is O=C(c1cnccn1)N1CCCC(O)c2ccccc21. The molecule has 0 saturated carbocycles. The third-order valence-electron chi connectivity index (χ3n) is 3.47. The van der Waals surface area contributed by atoms with Gasteiger partial charge in [-0.15, -0.1) is 0 Å². The van der Waals surface area contributed by atoms with Crippen molar-refractivity contribution in [3.63, 3.8) is 0 Å². The van der Waals surface area contributed by atoms with E-state index in [1.165, 1.54) is 18.6 Å². The summed E-state index contributed by atoms with van der Waals surface area (Å²) in [7, 11) is 0. The van der Waals surface area contributed by atoms with Gasteiger partial charge in [0.15, 0.2) is 0 Å². The van der Waals surface area contributed by atoms with E-state index in [4.69, 9.17) is 0 Å². The van der Waals surface area contributed by atoms with Crippen molar-refractivity contribution >= 4 is 11.6 Å². The average molecular weight is 269 g/mol. The second-order valence-electron chi connectivity index (χ2n) is 4.76. The Balaban J connectivity index is 2.01. The van der Waals surface area contributed by atoms with Crippen LogP contribution >= 0.6 is 0 Å². The van der Waals surface area contributed by atoms with Crippen molar-refractivity contribution in [3.05, 3.63) is 54.1 Å². The quantitative estimate of drug-likeness (QED) is 0.859. The number of benzene rings is 1. The van der Waals surface area contributed by atoms with Crippen LogP contribution in [0.3, 0.4) is 0 Å². The molecule has 5 heteroatoms. The molecule has 3 rings (SSSR count). The van der Waals surface area contributed by atoms with Crippen molar-refractivity contribution < 1.29 is 9.90 Å². The van der Waals surface area contributed by atoms with E-state index in [1.807, 2.05) is 24.3 Å². The van der Waals surface area contributed by atoms with Crippen LogP contribution in [0.1, 0.15) is 35.0 Å². The second kappa shape index (κ2) is 5.38. The number of aromatic nitrogens is 2. The van der Waals surface area contributed by atoms with Gasteiger partial charge in [0.05, 0.1) is 12.3 Å². The van der Waals surface area contributed by atoms with E-state index in [9.17, 15) is 9.90 Å². The van der Waals surface area contributed by atoms with Crippen LogP contribution in [0.2, 0.25) is 0 Å². The molecule has 1 amide bonds. The number of para-hydroxylation sites is 1. The van der Waals surface area contributed by atoms with Gasteiger partial charge in [-0.1, -0.05) is 18.2 Å². The predicted molar refractivity (Wildman–Crippen MR) is 74.3 cm³/mol. The van der Waals surface area contributed by atoms with Gasteiger partial charge in [-0.05, 0) is 18.9 Å². The number of aliphatic hydroxyl groups excluding tert-OH is 1. The van der Waals surface area contributed by atoms with E-state index in [0.29, 0.717) is 18.7 Å². The van der Waals surface area contributed by atoms with Crippen LogP contribution in [0.5, 0.6) is 0 Å². The minimum Gasteiger partial charge on any atom is -0.388 e. The van der Waals surface area contributed by atoms with Crippen molar-refractivity contribution in [1.82, 2.24) is 9.97 Å². The zero-order chi connectivity index (χ0) is 13.9. The summed E-state index contributed by atoms with van der Waals surface area (Å²) in [6.45, 7) is 0.573. The van der Waals surface area contributed by atoms with Crippen LogP contribution in [-0.4, -0.2) is 27.5 Å². The van der Waals surface area contributed by atoms with Crippen LogP contribution in [0.15, 0.2) is 42.9 Å². The highest BCUT2D eigenvalue weighted by Crippen LogP contribution is 2.33. The maximum atomic E-state index is 12.6. The molecule has 1 aliphatic rings. The third kappa shape index (κ3) is 2.28. The molecule has 102 valence electrons.